The first-order valence-electron chi connectivity index (χ1n) is 29.1. The van der Waals surface area contributed by atoms with E-state index in [1.165, 1.54) is 0 Å². The molecular weight excluding hydrogens is 949 g/mol. The first-order valence-corrected chi connectivity index (χ1v) is 29.5. The number of ether oxygens (including phenoxy) is 13. The Morgan fingerprint density at radius 3 is 1.66 bits per heavy atom. The fraction of sp³-hybridized carbons (Fsp3) is 0.983. The van der Waals surface area contributed by atoms with Gasteiger partial charge in [-0.3, -0.25) is 0 Å². The van der Waals surface area contributed by atoms with E-state index in [2.05, 4.69) is 111 Å². The van der Waals surface area contributed by atoms with E-state index in [1.807, 2.05) is 13.8 Å². The number of rotatable bonds is 31. The molecule has 2 unspecified atom stereocenters. The van der Waals surface area contributed by atoms with E-state index in [0.717, 1.165) is 37.0 Å². The Morgan fingerprint density at radius 2 is 1.10 bits per heavy atom. The van der Waals surface area contributed by atoms with Crippen molar-refractivity contribution in [3.63, 3.8) is 0 Å². The van der Waals surface area contributed by atoms with Crippen LogP contribution in [0.3, 0.4) is 0 Å². The predicted octanol–water partition coefficient (Wildman–Crippen LogP) is 11.9. The lowest BCUT2D eigenvalue weighted by atomic mass is 9.85. The second-order valence-corrected chi connectivity index (χ2v) is 26.1. The van der Waals surface area contributed by atoms with Gasteiger partial charge in [0.25, 0.3) is 0 Å². The van der Waals surface area contributed by atoms with Crippen LogP contribution in [-0.2, 0) is 61.6 Å². The Bertz CT molecular complexity index is 1520. The Balaban J connectivity index is 1.83. The SMILES string of the molecule is CCCCC(C)(C[C@H]1O[C@H](OC(C)(CC(C)=S)C[C@H]2OCC[C@@H](OCC(C)C)[C@@H]2OCC(C)C)[C@@H]2OC[C@H](C)C[C@H](C)CO[C@H]2[C@@H]1OCC(C)C)O[C@H]1O[C@H](COCC)[C@@H](C)[C@H](OCC(C)C)[C@H]1OCC(C)C. The molecule has 17 atom stereocenters. The number of hydrogen-bond acceptors (Lipinski definition) is 14. The van der Waals surface area contributed by atoms with Crippen LogP contribution in [0.4, 0.5) is 0 Å². The van der Waals surface area contributed by atoms with Gasteiger partial charge in [-0.15, -0.1) is 0 Å². The first-order chi connectivity index (χ1) is 34.5. The van der Waals surface area contributed by atoms with E-state index in [1.54, 1.807) is 0 Å². The summed E-state index contributed by atoms with van der Waals surface area (Å²) < 4.78 is 90.6. The smallest absolute Gasteiger partial charge is 0.187 e. The summed E-state index contributed by atoms with van der Waals surface area (Å²) in [6.45, 7) is 44.6. The standard InChI is InChI=1S/C59H110O13S/c1-19-21-23-58(17,71-56-54(66-33-41(11)12)50(63-30-38(5)6)45(16)49(70-56)36-60-20-2)28-48-52(65-32-40(9)10)53-55(68-35-43(14)25-42(13)34-67-53)57(69-48)72-59(18,26-44(15)73)27-47-51(64-31-39(7)8)46(22-24-61-47)62-29-37(3)4/h37-43,45-57H,19-36H2,1-18H3/t42-,43+,45+,46+,47+,48+,49+,50-,51-,52+,53-,54+,55+,56+,57+,58?,59?/m0/s1. The van der Waals surface area contributed by atoms with Crippen molar-refractivity contribution in [2.24, 2.45) is 47.3 Å². The van der Waals surface area contributed by atoms with E-state index in [9.17, 15) is 0 Å². The predicted molar refractivity (Wildman–Crippen MR) is 293 cm³/mol. The van der Waals surface area contributed by atoms with Gasteiger partial charge in [-0.05, 0) is 93.2 Å². The highest BCUT2D eigenvalue weighted by Gasteiger charge is 2.55. The van der Waals surface area contributed by atoms with Crippen LogP contribution in [0.15, 0.2) is 0 Å². The van der Waals surface area contributed by atoms with Crippen molar-refractivity contribution >= 4 is 17.1 Å². The van der Waals surface area contributed by atoms with Crippen molar-refractivity contribution in [3.8, 4) is 0 Å². The van der Waals surface area contributed by atoms with Gasteiger partial charge in [0.15, 0.2) is 12.6 Å². The zero-order chi connectivity index (χ0) is 54.0. The first kappa shape index (κ1) is 65.1. The van der Waals surface area contributed by atoms with Gasteiger partial charge in [-0.25, -0.2) is 0 Å². The van der Waals surface area contributed by atoms with Gasteiger partial charge in [-0.2, -0.15) is 0 Å². The summed E-state index contributed by atoms with van der Waals surface area (Å²) in [5.41, 5.74) is -1.63. The molecule has 4 aliphatic heterocycles. The lowest BCUT2D eigenvalue weighted by Gasteiger charge is -2.51. The normalized spacial score (nSPS) is 34.4. The van der Waals surface area contributed by atoms with Crippen LogP contribution in [0.1, 0.15) is 176 Å². The van der Waals surface area contributed by atoms with Gasteiger partial charge < -0.3 is 61.6 Å². The summed E-state index contributed by atoms with van der Waals surface area (Å²) in [5, 5.41) is 0. The summed E-state index contributed by atoms with van der Waals surface area (Å²) in [6, 6.07) is 0. The highest BCUT2D eigenvalue weighted by Crippen LogP contribution is 2.43. The van der Waals surface area contributed by atoms with Crippen LogP contribution < -0.4 is 0 Å². The lowest BCUT2D eigenvalue weighted by molar-refractivity contribution is -0.357. The van der Waals surface area contributed by atoms with Crippen LogP contribution in [0.2, 0.25) is 0 Å². The molecule has 4 aliphatic rings. The molecule has 13 nitrogen and oxygen atoms in total. The molecule has 4 heterocycles. The van der Waals surface area contributed by atoms with Gasteiger partial charge in [-0.1, -0.05) is 122 Å². The molecule has 0 saturated carbocycles. The molecule has 0 amide bonds. The Labute approximate surface area is 451 Å². The minimum atomic E-state index is -0.853. The van der Waals surface area contributed by atoms with Gasteiger partial charge in [0.2, 0.25) is 0 Å². The van der Waals surface area contributed by atoms with E-state index in [0.29, 0.717) is 121 Å². The topological polar surface area (TPSA) is 120 Å². The molecule has 0 aromatic rings. The van der Waals surface area contributed by atoms with E-state index in [-0.39, 0.29) is 42.4 Å². The third-order valence-corrected chi connectivity index (χ3v) is 14.5. The number of unbranched alkanes of at least 4 members (excludes halogenated alkanes) is 1. The van der Waals surface area contributed by atoms with Gasteiger partial charge >= 0.3 is 0 Å². The maximum Gasteiger partial charge on any atom is 0.187 e. The molecule has 0 bridgehead atoms. The molecular formula is C59H110O13S. The van der Waals surface area contributed by atoms with Crippen LogP contribution >= 0.6 is 12.2 Å². The van der Waals surface area contributed by atoms with E-state index >= 15 is 0 Å². The molecule has 4 rings (SSSR count). The summed E-state index contributed by atoms with van der Waals surface area (Å²) in [5.74, 6) is 2.24. The quantitative estimate of drug-likeness (QED) is 0.0613. The monoisotopic (exact) mass is 1060 g/mol. The second kappa shape index (κ2) is 32.0. The van der Waals surface area contributed by atoms with Crippen LogP contribution in [0, 0.1) is 47.3 Å². The molecule has 73 heavy (non-hydrogen) atoms. The molecule has 0 aromatic heterocycles. The zero-order valence-corrected chi connectivity index (χ0v) is 50.3. The molecule has 4 fully saturated rings. The maximum absolute atomic E-state index is 7.55. The highest BCUT2D eigenvalue weighted by molar-refractivity contribution is 7.80. The van der Waals surface area contributed by atoms with E-state index < -0.39 is 54.3 Å². The fourth-order valence-electron chi connectivity index (χ4n) is 10.9. The molecule has 0 aromatic carbocycles. The third-order valence-electron chi connectivity index (χ3n) is 14.4. The molecule has 0 N–H and O–H groups in total. The van der Waals surface area contributed by atoms with E-state index in [4.69, 9.17) is 73.8 Å². The fourth-order valence-corrected chi connectivity index (χ4v) is 11.2. The van der Waals surface area contributed by atoms with Crippen LogP contribution in [0.5, 0.6) is 0 Å². The van der Waals surface area contributed by atoms with Gasteiger partial charge in [0.05, 0.1) is 48.3 Å². The summed E-state index contributed by atoms with van der Waals surface area (Å²) in [4.78, 5) is 0.830. The number of hydrogen-bond donors (Lipinski definition) is 0. The summed E-state index contributed by atoms with van der Waals surface area (Å²) in [6.07, 6.45) is 0.380. The van der Waals surface area contributed by atoms with Crippen LogP contribution in [-0.4, -0.2) is 156 Å². The van der Waals surface area contributed by atoms with Crippen LogP contribution in [0.25, 0.3) is 0 Å². The van der Waals surface area contributed by atoms with Crippen molar-refractivity contribution in [1.29, 1.82) is 0 Å². The molecule has 0 radical (unpaired) electrons. The Hall–Kier alpha value is -0.430. The molecule has 14 heteroatoms. The lowest BCUT2D eigenvalue weighted by Crippen LogP contribution is -2.64. The minimum absolute atomic E-state index is 0.0000202. The zero-order valence-electron chi connectivity index (χ0n) is 49.5. The summed E-state index contributed by atoms with van der Waals surface area (Å²) >= 11 is 5.95. The molecule has 0 spiro atoms. The molecule has 4 saturated heterocycles. The largest absolute Gasteiger partial charge is 0.379 e. The van der Waals surface area contributed by atoms with Crippen molar-refractivity contribution in [1.82, 2.24) is 0 Å². The summed E-state index contributed by atoms with van der Waals surface area (Å²) in [7, 11) is 0. The minimum Gasteiger partial charge on any atom is -0.379 e. The Morgan fingerprint density at radius 1 is 0.589 bits per heavy atom. The average Bonchev–Trinajstić information content (AvgIpc) is 3.36. The van der Waals surface area contributed by atoms with Crippen molar-refractivity contribution in [2.75, 3.05) is 66.1 Å². The molecule has 430 valence electrons. The second-order valence-electron chi connectivity index (χ2n) is 25.4. The Kier molecular flexibility index (Phi) is 28.5. The molecule has 0 aliphatic carbocycles. The van der Waals surface area contributed by atoms with Gasteiger partial charge in [0.1, 0.15) is 30.5 Å². The number of fused-ring (bicyclic) bond motifs is 1. The van der Waals surface area contributed by atoms with Crippen molar-refractivity contribution < 1.29 is 61.6 Å². The average molecular weight is 1060 g/mol. The van der Waals surface area contributed by atoms with Gasteiger partial charge in [0, 0.05) is 84.6 Å². The highest BCUT2D eigenvalue weighted by atomic mass is 32.1. The number of thiocarbonyl (C=S) groups is 1. The maximum atomic E-state index is 7.55. The van der Waals surface area contributed by atoms with Crippen molar-refractivity contribution in [2.45, 2.75) is 261 Å². The third kappa shape index (κ3) is 21.6. The van der Waals surface area contributed by atoms with Crippen molar-refractivity contribution in [3.05, 3.63) is 0 Å².